The molecule has 1 aliphatic rings. The van der Waals surface area contributed by atoms with Crippen molar-refractivity contribution in [1.82, 2.24) is 10.6 Å². The van der Waals surface area contributed by atoms with E-state index in [1.54, 1.807) is 24.4 Å². The predicted molar refractivity (Wildman–Crippen MR) is 139 cm³/mol. The van der Waals surface area contributed by atoms with Crippen molar-refractivity contribution in [2.24, 2.45) is 4.99 Å². The van der Waals surface area contributed by atoms with Crippen molar-refractivity contribution in [3.8, 4) is 0 Å². The fourth-order valence-corrected chi connectivity index (χ4v) is 2.88. The van der Waals surface area contributed by atoms with Gasteiger partial charge in [0.1, 0.15) is 6.17 Å². The zero-order valence-corrected chi connectivity index (χ0v) is 19.5. The van der Waals surface area contributed by atoms with Crippen LogP contribution >= 0.6 is 0 Å². The quantitative estimate of drug-likeness (QED) is 0.200. The van der Waals surface area contributed by atoms with Crippen LogP contribution in [0.4, 0.5) is 0 Å². The molecule has 4 nitrogen and oxygen atoms in total. The molecule has 0 aromatic rings. The predicted octanol–water partition coefficient (Wildman–Crippen LogP) is 6.04. The van der Waals surface area contributed by atoms with Gasteiger partial charge in [0.25, 0.3) is 5.91 Å². The maximum absolute atomic E-state index is 12.4. The maximum atomic E-state index is 12.4. The number of hydrogen-bond donors (Lipinski definition) is 2. The summed E-state index contributed by atoms with van der Waals surface area (Å²) in [6.45, 7) is 15.6. The molecule has 0 bridgehead atoms. The molecule has 1 amide bonds. The molecule has 1 aliphatic carbocycles. The van der Waals surface area contributed by atoms with Crippen LogP contribution in [0.3, 0.4) is 0 Å². The fraction of sp³-hybridized carbons (Fsp3) is 0.286. The van der Waals surface area contributed by atoms with E-state index >= 15 is 0 Å². The fourth-order valence-electron chi connectivity index (χ4n) is 2.88. The highest BCUT2D eigenvalue weighted by Crippen LogP contribution is 2.14. The van der Waals surface area contributed by atoms with Gasteiger partial charge in [-0.05, 0) is 51.7 Å². The molecule has 170 valence electrons. The smallest absolute Gasteiger partial charge is 0.251 e. The van der Waals surface area contributed by atoms with Gasteiger partial charge in [-0.2, -0.15) is 0 Å². The Kier molecular flexibility index (Phi) is 13.6. The van der Waals surface area contributed by atoms with Gasteiger partial charge in [-0.15, -0.1) is 0 Å². The maximum Gasteiger partial charge on any atom is 0.251 e. The van der Waals surface area contributed by atoms with Crippen LogP contribution < -0.4 is 10.6 Å². The molecule has 0 saturated carbocycles. The SMILES string of the molecule is C=CC=NC(CC/C(C)=C/C=C(\C=C)C(=O)NC/C(C)=C/C=C\C=C)NC1=CC=CCC1. The van der Waals surface area contributed by atoms with Crippen LogP contribution in [0.15, 0.2) is 114 Å². The van der Waals surface area contributed by atoms with Crippen molar-refractivity contribution in [2.75, 3.05) is 6.54 Å². The summed E-state index contributed by atoms with van der Waals surface area (Å²) >= 11 is 0. The van der Waals surface area contributed by atoms with Crippen LogP contribution in [0.2, 0.25) is 0 Å². The lowest BCUT2D eigenvalue weighted by Gasteiger charge is -2.19. The Morgan fingerprint density at radius 2 is 1.94 bits per heavy atom. The Morgan fingerprint density at radius 3 is 2.59 bits per heavy atom. The summed E-state index contributed by atoms with van der Waals surface area (Å²) in [5.74, 6) is -0.142. The van der Waals surface area contributed by atoms with Gasteiger partial charge in [0.05, 0.1) is 0 Å². The van der Waals surface area contributed by atoms with Gasteiger partial charge in [0, 0.05) is 24.0 Å². The average Bonchev–Trinajstić information content (AvgIpc) is 2.80. The minimum atomic E-state index is -0.142. The minimum absolute atomic E-state index is 0.00912. The Hall–Kier alpha value is -3.40. The molecule has 1 atom stereocenters. The zero-order valence-electron chi connectivity index (χ0n) is 19.5. The van der Waals surface area contributed by atoms with Crippen LogP contribution in [-0.4, -0.2) is 24.8 Å². The molecule has 0 aliphatic heterocycles. The van der Waals surface area contributed by atoms with Crippen molar-refractivity contribution < 1.29 is 4.79 Å². The molecule has 0 aromatic heterocycles. The number of carbonyl (C=O) groups excluding carboxylic acids is 1. The van der Waals surface area contributed by atoms with Gasteiger partial charge < -0.3 is 10.6 Å². The molecule has 4 heteroatoms. The summed E-state index contributed by atoms with van der Waals surface area (Å²) in [5, 5.41) is 6.43. The second-order valence-electron chi connectivity index (χ2n) is 7.55. The highest BCUT2D eigenvalue weighted by molar-refractivity contribution is 5.96. The number of nitrogens with zero attached hydrogens (tertiary/aromatic N) is 1. The number of nitrogens with one attached hydrogen (secondary N) is 2. The van der Waals surface area contributed by atoms with E-state index in [2.05, 4.69) is 60.5 Å². The van der Waals surface area contributed by atoms with Crippen molar-refractivity contribution in [2.45, 2.75) is 45.7 Å². The summed E-state index contributed by atoms with van der Waals surface area (Å²) in [7, 11) is 0. The number of hydrogen-bond acceptors (Lipinski definition) is 3. The van der Waals surface area contributed by atoms with E-state index in [4.69, 9.17) is 0 Å². The molecule has 0 spiro atoms. The average molecular weight is 432 g/mol. The third-order valence-corrected chi connectivity index (χ3v) is 4.73. The van der Waals surface area contributed by atoms with Crippen molar-refractivity contribution in [3.05, 3.63) is 109 Å². The molecular formula is C28H37N3O. The number of aliphatic imine (C=N–C) groups is 1. The second-order valence-corrected chi connectivity index (χ2v) is 7.55. The normalized spacial score (nSPS) is 16.1. The zero-order chi connectivity index (χ0) is 23.6. The number of allylic oxidation sites excluding steroid dienone is 12. The van der Waals surface area contributed by atoms with Gasteiger partial charge in [-0.3, -0.25) is 9.79 Å². The van der Waals surface area contributed by atoms with E-state index in [-0.39, 0.29) is 12.1 Å². The van der Waals surface area contributed by atoms with Crippen LogP contribution in [0, 0.1) is 0 Å². The number of rotatable bonds is 14. The summed E-state index contributed by atoms with van der Waals surface area (Å²) in [6.07, 6.45) is 26.3. The standard InChI is InChI=1S/C28H37N3O/c1-6-9-11-14-24(5)22-30-28(32)25(8-3)19-17-23(4)18-20-27(29-21-7-2)31-26-15-12-10-13-16-26/h6-12,14-15,17,19,21,27,31H,1-3,13,16,18,20,22H2,4-5H3,(H,30,32)/b11-9-,23-17+,24-14+,25-19+,29-21?. The van der Waals surface area contributed by atoms with Crippen molar-refractivity contribution >= 4 is 12.1 Å². The van der Waals surface area contributed by atoms with E-state index in [0.717, 1.165) is 31.3 Å². The lowest BCUT2D eigenvalue weighted by molar-refractivity contribution is -0.117. The Labute approximate surface area is 194 Å². The van der Waals surface area contributed by atoms with E-state index < -0.39 is 0 Å². The summed E-state index contributed by atoms with van der Waals surface area (Å²) in [5.41, 5.74) is 3.96. The Bertz CT molecular complexity index is 863. The first-order valence-corrected chi connectivity index (χ1v) is 11.0. The Balaban J connectivity index is 2.67. The van der Waals surface area contributed by atoms with Crippen molar-refractivity contribution in [3.63, 3.8) is 0 Å². The van der Waals surface area contributed by atoms with Gasteiger partial charge in [0.15, 0.2) is 0 Å². The molecule has 0 aromatic carbocycles. The molecule has 0 radical (unpaired) electrons. The number of carbonyl (C=O) groups is 1. The van der Waals surface area contributed by atoms with Gasteiger partial charge in [-0.25, -0.2) is 0 Å². The van der Waals surface area contributed by atoms with Gasteiger partial charge >= 0.3 is 0 Å². The minimum Gasteiger partial charge on any atom is -0.367 e. The molecule has 32 heavy (non-hydrogen) atoms. The van der Waals surface area contributed by atoms with Gasteiger partial charge in [0.2, 0.25) is 0 Å². The highest BCUT2D eigenvalue weighted by atomic mass is 16.1. The van der Waals surface area contributed by atoms with Crippen LogP contribution in [-0.2, 0) is 4.79 Å². The first kappa shape index (κ1) is 26.6. The molecule has 0 saturated heterocycles. The number of amides is 1. The topological polar surface area (TPSA) is 53.5 Å². The molecular weight excluding hydrogens is 394 g/mol. The Morgan fingerprint density at radius 1 is 1.12 bits per heavy atom. The van der Waals surface area contributed by atoms with E-state index in [0.29, 0.717) is 12.1 Å². The first-order chi connectivity index (χ1) is 15.5. The third kappa shape index (κ3) is 11.7. The first-order valence-electron chi connectivity index (χ1n) is 11.0. The van der Waals surface area contributed by atoms with E-state index in [9.17, 15) is 4.79 Å². The van der Waals surface area contributed by atoms with Crippen LogP contribution in [0.1, 0.15) is 39.5 Å². The van der Waals surface area contributed by atoms with Gasteiger partial charge in [-0.1, -0.05) is 85.6 Å². The summed E-state index contributed by atoms with van der Waals surface area (Å²) < 4.78 is 0. The van der Waals surface area contributed by atoms with E-state index in [1.807, 2.05) is 37.3 Å². The monoisotopic (exact) mass is 431 g/mol. The van der Waals surface area contributed by atoms with Crippen LogP contribution in [0.25, 0.3) is 0 Å². The summed E-state index contributed by atoms with van der Waals surface area (Å²) in [6, 6.07) is 0. The second kappa shape index (κ2) is 16.3. The van der Waals surface area contributed by atoms with Crippen LogP contribution in [0.5, 0.6) is 0 Å². The largest absolute Gasteiger partial charge is 0.367 e. The summed E-state index contributed by atoms with van der Waals surface area (Å²) in [4.78, 5) is 17.0. The molecule has 0 fully saturated rings. The highest BCUT2D eigenvalue weighted by Gasteiger charge is 2.09. The molecule has 1 rings (SSSR count). The lowest BCUT2D eigenvalue weighted by atomic mass is 10.1. The van der Waals surface area contributed by atoms with Crippen molar-refractivity contribution in [1.29, 1.82) is 0 Å². The molecule has 2 N–H and O–H groups in total. The van der Waals surface area contributed by atoms with E-state index in [1.165, 1.54) is 11.3 Å². The lowest BCUT2D eigenvalue weighted by Crippen LogP contribution is -2.27. The molecule has 0 heterocycles. The third-order valence-electron chi connectivity index (χ3n) is 4.73. The molecule has 1 unspecified atom stereocenters.